The number of hydrogen-bond acceptors (Lipinski definition) is 4. The number of rotatable bonds is 9. The van der Waals surface area contributed by atoms with Crippen LogP contribution >= 0.6 is 23.2 Å². The summed E-state index contributed by atoms with van der Waals surface area (Å²) in [6, 6.07) is 17.3. The molecule has 2 amide bonds. The number of carbonyl (C=O) groups is 2. The summed E-state index contributed by atoms with van der Waals surface area (Å²) in [6.45, 7) is 10.3. The van der Waals surface area contributed by atoms with Gasteiger partial charge in [0.05, 0.1) is 10.6 Å². The summed E-state index contributed by atoms with van der Waals surface area (Å²) >= 11 is 12.3. The van der Waals surface area contributed by atoms with E-state index in [-0.39, 0.29) is 23.0 Å². The highest BCUT2D eigenvalue weighted by atomic mass is 35.5. The van der Waals surface area contributed by atoms with Crippen molar-refractivity contribution < 1.29 is 18.0 Å². The zero-order valence-electron chi connectivity index (χ0n) is 23.5. The molecule has 3 rings (SSSR count). The van der Waals surface area contributed by atoms with E-state index in [1.807, 2.05) is 27.7 Å². The van der Waals surface area contributed by atoms with Crippen molar-refractivity contribution in [1.82, 2.24) is 10.2 Å². The number of nitrogens with one attached hydrogen (secondary N) is 1. The highest BCUT2D eigenvalue weighted by Crippen LogP contribution is 2.30. The lowest BCUT2D eigenvalue weighted by molar-refractivity contribution is -0.140. The van der Waals surface area contributed by atoms with Crippen LogP contribution in [0.2, 0.25) is 10.0 Å². The second-order valence-electron chi connectivity index (χ2n) is 10.8. The molecule has 0 heterocycles. The highest BCUT2D eigenvalue weighted by molar-refractivity contribution is 7.92. The van der Waals surface area contributed by atoms with Crippen molar-refractivity contribution in [2.24, 2.45) is 0 Å². The molecule has 0 aliphatic rings. The van der Waals surface area contributed by atoms with Gasteiger partial charge in [-0.25, -0.2) is 8.42 Å². The smallest absolute Gasteiger partial charge is 0.264 e. The minimum atomic E-state index is -4.18. The van der Waals surface area contributed by atoms with Crippen molar-refractivity contribution in [2.75, 3.05) is 10.8 Å². The molecule has 214 valence electrons. The topological polar surface area (TPSA) is 86.8 Å². The largest absolute Gasteiger partial charge is 0.350 e. The quantitative estimate of drug-likeness (QED) is 0.318. The summed E-state index contributed by atoms with van der Waals surface area (Å²) in [7, 11) is -4.18. The Hall–Kier alpha value is -3.07. The predicted octanol–water partition coefficient (Wildman–Crippen LogP) is 6.14. The Labute approximate surface area is 247 Å². The first kappa shape index (κ1) is 31.5. The molecular formula is C30H35Cl2N3O4S. The van der Waals surface area contributed by atoms with Crippen molar-refractivity contribution in [1.29, 1.82) is 0 Å². The number of amides is 2. The lowest BCUT2D eigenvalue weighted by Crippen LogP contribution is -2.54. The molecule has 7 nitrogen and oxygen atoms in total. The van der Waals surface area contributed by atoms with Crippen molar-refractivity contribution in [3.63, 3.8) is 0 Å². The fraction of sp³-hybridized carbons (Fsp3) is 0.333. The van der Waals surface area contributed by atoms with Gasteiger partial charge in [0, 0.05) is 22.1 Å². The van der Waals surface area contributed by atoms with Gasteiger partial charge in [-0.1, -0.05) is 59.1 Å². The number of aryl methyl sites for hydroxylation is 2. The summed E-state index contributed by atoms with van der Waals surface area (Å²) in [5, 5.41) is 3.77. The van der Waals surface area contributed by atoms with Crippen LogP contribution in [0.4, 0.5) is 5.69 Å². The second kappa shape index (κ2) is 12.6. The summed E-state index contributed by atoms with van der Waals surface area (Å²) < 4.78 is 29.0. The third-order valence-corrected chi connectivity index (χ3v) is 8.52. The number of sulfonamides is 1. The van der Waals surface area contributed by atoms with E-state index in [0.29, 0.717) is 15.6 Å². The van der Waals surface area contributed by atoms with Crippen LogP contribution in [-0.4, -0.2) is 43.3 Å². The van der Waals surface area contributed by atoms with Gasteiger partial charge in [0.15, 0.2) is 0 Å². The molecule has 0 spiro atoms. The molecule has 3 aromatic rings. The molecule has 0 fully saturated rings. The van der Waals surface area contributed by atoms with Crippen LogP contribution in [0, 0.1) is 13.8 Å². The second-order valence-corrected chi connectivity index (χ2v) is 13.6. The van der Waals surface area contributed by atoms with Crippen molar-refractivity contribution in [3.8, 4) is 0 Å². The Morgan fingerprint density at radius 3 is 2.05 bits per heavy atom. The molecule has 0 unspecified atom stereocenters. The highest BCUT2D eigenvalue weighted by Gasteiger charge is 2.34. The van der Waals surface area contributed by atoms with E-state index < -0.39 is 34.1 Å². The molecule has 0 aromatic heterocycles. The number of benzene rings is 3. The maximum Gasteiger partial charge on any atom is 0.264 e. The van der Waals surface area contributed by atoms with Crippen molar-refractivity contribution in [3.05, 3.63) is 93.5 Å². The maximum absolute atomic E-state index is 14.0. The molecule has 10 heteroatoms. The number of hydrogen-bond donors (Lipinski definition) is 1. The van der Waals surface area contributed by atoms with Crippen LogP contribution in [0.15, 0.2) is 71.6 Å². The maximum atomic E-state index is 14.0. The van der Waals surface area contributed by atoms with E-state index in [4.69, 9.17) is 23.2 Å². The van der Waals surface area contributed by atoms with E-state index in [0.717, 1.165) is 15.4 Å². The van der Waals surface area contributed by atoms with E-state index in [2.05, 4.69) is 5.32 Å². The monoisotopic (exact) mass is 603 g/mol. The summed E-state index contributed by atoms with van der Waals surface area (Å²) in [5.41, 5.74) is 2.00. The minimum absolute atomic E-state index is 0.0352. The molecule has 3 aromatic carbocycles. The molecule has 1 N–H and O–H groups in total. The van der Waals surface area contributed by atoms with Gasteiger partial charge in [0.1, 0.15) is 12.6 Å². The van der Waals surface area contributed by atoms with Gasteiger partial charge in [0.2, 0.25) is 11.8 Å². The minimum Gasteiger partial charge on any atom is -0.350 e. The zero-order chi connectivity index (χ0) is 29.8. The van der Waals surface area contributed by atoms with Crippen LogP contribution < -0.4 is 9.62 Å². The van der Waals surface area contributed by atoms with Crippen LogP contribution in [0.3, 0.4) is 0 Å². The molecule has 0 aliphatic carbocycles. The molecule has 0 aliphatic heterocycles. The first-order chi connectivity index (χ1) is 18.6. The summed E-state index contributed by atoms with van der Waals surface area (Å²) in [4.78, 5) is 28.6. The van der Waals surface area contributed by atoms with E-state index in [9.17, 15) is 18.0 Å². The van der Waals surface area contributed by atoms with Gasteiger partial charge in [0.25, 0.3) is 10.0 Å². The Morgan fingerprint density at radius 1 is 0.900 bits per heavy atom. The van der Waals surface area contributed by atoms with Crippen LogP contribution in [-0.2, 0) is 26.2 Å². The van der Waals surface area contributed by atoms with Gasteiger partial charge in [-0.05, 0) is 89.1 Å². The SMILES string of the molecule is Cc1ccc(S(=O)(=O)N(CC(=O)N(Cc2ccc(Cl)cc2)[C@H](C)C(=O)NC(C)(C)C)c2cc(Cl)ccc2C)cc1. The Balaban J connectivity index is 2.08. The molecule has 40 heavy (non-hydrogen) atoms. The van der Waals surface area contributed by atoms with E-state index in [1.54, 1.807) is 62.4 Å². The Morgan fingerprint density at radius 2 is 1.48 bits per heavy atom. The van der Waals surface area contributed by atoms with E-state index >= 15 is 0 Å². The fourth-order valence-corrected chi connectivity index (χ4v) is 5.81. The zero-order valence-corrected chi connectivity index (χ0v) is 25.9. The normalized spacial score (nSPS) is 12.5. The lowest BCUT2D eigenvalue weighted by atomic mass is 10.1. The van der Waals surface area contributed by atoms with Crippen LogP contribution in [0.1, 0.15) is 44.4 Å². The number of carbonyl (C=O) groups excluding carboxylic acids is 2. The standard InChI is InChI=1S/C30H35Cl2N3O4S/c1-20-7-15-26(16-8-20)40(38,39)35(27-17-25(32)12-9-21(27)2)19-28(36)34(18-23-10-13-24(31)14-11-23)22(3)29(37)33-30(4,5)6/h7-17,22H,18-19H2,1-6H3,(H,33,37)/t22-/m1/s1. The molecule has 1 atom stereocenters. The van der Waals surface area contributed by atoms with Gasteiger partial charge in [-0.15, -0.1) is 0 Å². The number of nitrogens with zero attached hydrogens (tertiary/aromatic N) is 2. The predicted molar refractivity (Wildman–Crippen MR) is 161 cm³/mol. The molecule has 0 radical (unpaired) electrons. The third kappa shape index (κ3) is 7.99. The van der Waals surface area contributed by atoms with Crippen LogP contribution in [0.5, 0.6) is 0 Å². The average Bonchev–Trinajstić information content (AvgIpc) is 2.87. The van der Waals surface area contributed by atoms with Gasteiger partial charge in [-0.2, -0.15) is 0 Å². The van der Waals surface area contributed by atoms with Crippen molar-refractivity contribution >= 4 is 50.7 Å². The third-order valence-electron chi connectivity index (χ3n) is 6.26. The summed E-state index contributed by atoms with van der Waals surface area (Å²) in [5.74, 6) is -0.914. The molecule has 0 saturated carbocycles. The number of anilines is 1. The first-order valence-electron chi connectivity index (χ1n) is 12.8. The Bertz CT molecular complexity index is 1470. The summed E-state index contributed by atoms with van der Waals surface area (Å²) in [6.07, 6.45) is 0. The first-order valence-corrected chi connectivity index (χ1v) is 15.0. The fourth-order valence-electron chi connectivity index (χ4n) is 4.05. The Kier molecular flexibility index (Phi) is 9.93. The van der Waals surface area contributed by atoms with Gasteiger partial charge < -0.3 is 10.2 Å². The van der Waals surface area contributed by atoms with Gasteiger partial charge in [-0.3, -0.25) is 13.9 Å². The lowest BCUT2D eigenvalue weighted by Gasteiger charge is -2.34. The van der Waals surface area contributed by atoms with E-state index in [1.165, 1.54) is 23.1 Å². The van der Waals surface area contributed by atoms with Crippen LogP contribution in [0.25, 0.3) is 0 Å². The van der Waals surface area contributed by atoms with Gasteiger partial charge >= 0.3 is 0 Å². The molecule has 0 bridgehead atoms. The number of halogens is 2. The average molecular weight is 605 g/mol. The molecule has 0 saturated heterocycles. The van der Waals surface area contributed by atoms with Crippen molar-refractivity contribution in [2.45, 2.75) is 64.6 Å². The molecular weight excluding hydrogens is 569 g/mol.